The zero-order valence-electron chi connectivity index (χ0n) is 12.9. The van der Waals surface area contributed by atoms with Gasteiger partial charge in [-0.15, -0.1) is 0 Å². The molecule has 20 heavy (non-hydrogen) atoms. The Kier molecular flexibility index (Phi) is 4.77. The average molecular weight is 272 g/mol. The Bertz CT molecular complexity index is 383. The van der Waals surface area contributed by atoms with Crippen LogP contribution in [0.1, 0.15) is 63.4 Å². The summed E-state index contributed by atoms with van der Waals surface area (Å²) in [5.41, 5.74) is 1.56. The molecule has 110 valence electrons. The molecule has 2 fully saturated rings. The van der Waals surface area contributed by atoms with Gasteiger partial charge in [-0.2, -0.15) is 0 Å². The van der Waals surface area contributed by atoms with E-state index < -0.39 is 0 Å². The topological polar surface area (TPSA) is 0 Å². The molecule has 0 bridgehead atoms. The minimum atomic E-state index is 0.946. The summed E-state index contributed by atoms with van der Waals surface area (Å²) >= 11 is 0. The van der Waals surface area contributed by atoms with Crippen LogP contribution in [-0.2, 0) is 6.54 Å². The van der Waals surface area contributed by atoms with E-state index >= 15 is 0 Å². The lowest BCUT2D eigenvalue weighted by Crippen LogP contribution is -2.55. The lowest BCUT2D eigenvalue weighted by atomic mass is 9.91. The highest BCUT2D eigenvalue weighted by molar-refractivity contribution is 5.13. The van der Waals surface area contributed by atoms with Crippen LogP contribution in [0.3, 0.4) is 0 Å². The number of hydrogen-bond acceptors (Lipinski definition) is 0. The van der Waals surface area contributed by atoms with Gasteiger partial charge < -0.3 is 4.48 Å². The van der Waals surface area contributed by atoms with Gasteiger partial charge in [-0.25, -0.2) is 0 Å². The van der Waals surface area contributed by atoms with Gasteiger partial charge >= 0.3 is 0 Å². The van der Waals surface area contributed by atoms with Crippen LogP contribution >= 0.6 is 0 Å². The highest BCUT2D eigenvalue weighted by Crippen LogP contribution is 2.33. The van der Waals surface area contributed by atoms with Gasteiger partial charge in [0.25, 0.3) is 0 Å². The third-order valence-electron chi connectivity index (χ3n) is 5.65. The number of benzene rings is 1. The summed E-state index contributed by atoms with van der Waals surface area (Å²) in [6, 6.07) is 12.2. The molecule has 0 radical (unpaired) electrons. The second-order valence-electron chi connectivity index (χ2n) is 7.02. The maximum atomic E-state index is 2.34. The minimum Gasteiger partial charge on any atom is -0.317 e. The van der Waals surface area contributed by atoms with E-state index in [1.807, 2.05) is 0 Å². The van der Waals surface area contributed by atoms with Gasteiger partial charge in [0.1, 0.15) is 6.54 Å². The molecular weight excluding hydrogens is 242 g/mol. The van der Waals surface area contributed by atoms with Crippen molar-refractivity contribution in [1.82, 2.24) is 0 Å². The molecule has 3 rings (SSSR count). The maximum Gasteiger partial charge on any atom is 0.105 e. The van der Waals surface area contributed by atoms with Crippen molar-refractivity contribution in [1.29, 1.82) is 0 Å². The predicted molar refractivity (Wildman–Crippen MR) is 85.5 cm³/mol. The van der Waals surface area contributed by atoms with E-state index in [1.165, 1.54) is 81.9 Å². The van der Waals surface area contributed by atoms with Crippen molar-refractivity contribution in [3.63, 3.8) is 0 Å². The first-order valence-corrected chi connectivity index (χ1v) is 8.79. The third-order valence-corrected chi connectivity index (χ3v) is 5.65. The van der Waals surface area contributed by atoms with Crippen LogP contribution in [0, 0.1) is 0 Å². The Hall–Kier alpha value is -0.820. The minimum absolute atomic E-state index is 0.946. The van der Waals surface area contributed by atoms with Crippen molar-refractivity contribution >= 4 is 0 Å². The van der Waals surface area contributed by atoms with Crippen molar-refractivity contribution in [2.45, 2.75) is 70.4 Å². The predicted octanol–water partition coefficient (Wildman–Crippen LogP) is 4.91. The largest absolute Gasteiger partial charge is 0.317 e. The summed E-state index contributed by atoms with van der Waals surface area (Å²) in [5.74, 6) is 0. The third kappa shape index (κ3) is 3.25. The van der Waals surface area contributed by atoms with Crippen LogP contribution in [0.4, 0.5) is 0 Å². The fraction of sp³-hybridized carbons (Fsp3) is 0.684. The van der Waals surface area contributed by atoms with Crippen molar-refractivity contribution < 1.29 is 4.48 Å². The monoisotopic (exact) mass is 272 g/mol. The smallest absolute Gasteiger partial charge is 0.105 e. The molecule has 1 saturated carbocycles. The van der Waals surface area contributed by atoms with Gasteiger partial charge in [-0.3, -0.25) is 0 Å². The molecular formula is C19H30N+. The van der Waals surface area contributed by atoms with Crippen LogP contribution in [0.25, 0.3) is 0 Å². The Labute approximate surface area is 124 Å². The van der Waals surface area contributed by atoms with Gasteiger partial charge in [0, 0.05) is 5.56 Å². The van der Waals surface area contributed by atoms with Gasteiger partial charge in [-0.1, -0.05) is 36.8 Å². The average Bonchev–Trinajstić information content (AvgIpc) is 2.76. The number of hydrogen-bond donors (Lipinski definition) is 0. The second-order valence-corrected chi connectivity index (χ2v) is 7.02. The van der Waals surface area contributed by atoms with Crippen LogP contribution in [-0.4, -0.2) is 23.6 Å². The van der Waals surface area contributed by atoms with Crippen LogP contribution in [0.5, 0.6) is 0 Å². The van der Waals surface area contributed by atoms with Crippen molar-refractivity contribution in [3.8, 4) is 0 Å². The highest BCUT2D eigenvalue weighted by Gasteiger charge is 2.37. The summed E-state index contributed by atoms with van der Waals surface area (Å²) in [6.45, 7) is 4.14. The van der Waals surface area contributed by atoms with E-state index in [0.29, 0.717) is 0 Å². The first-order valence-electron chi connectivity index (χ1n) is 8.79. The summed E-state index contributed by atoms with van der Waals surface area (Å²) in [6.07, 6.45) is 13.2. The molecule has 1 aromatic rings. The summed E-state index contributed by atoms with van der Waals surface area (Å²) in [7, 11) is 0. The van der Waals surface area contributed by atoms with E-state index in [9.17, 15) is 0 Å². The molecule has 1 aliphatic carbocycles. The summed E-state index contributed by atoms with van der Waals surface area (Å²) in [4.78, 5) is 0. The molecule has 0 N–H and O–H groups in total. The lowest BCUT2D eigenvalue weighted by Gasteiger charge is -2.46. The summed E-state index contributed by atoms with van der Waals surface area (Å²) in [5, 5.41) is 0. The van der Waals surface area contributed by atoms with Gasteiger partial charge in [0.05, 0.1) is 19.1 Å². The molecule has 2 aliphatic rings. The van der Waals surface area contributed by atoms with Crippen LogP contribution < -0.4 is 0 Å². The Balaban J connectivity index is 1.81. The molecule has 0 aromatic heterocycles. The lowest BCUT2D eigenvalue weighted by molar-refractivity contribution is -0.964. The number of quaternary nitrogens is 1. The normalized spacial score (nSPS) is 24.2. The number of nitrogens with zero attached hydrogens (tertiary/aromatic N) is 1. The van der Waals surface area contributed by atoms with E-state index in [-0.39, 0.29) is 0 Å². The molecule has 1 heteroatoms. The molecule has 0 unspecified atom stereocenters. The first-order chi connectivity index (χ1) is 9.89. The van der Waals surface area contributed by atoms with E-state index in [0.717, 1.165) is 6.04 Å². The van der Waals surface area contributed by atoms with Gasteiger partial charge in [-0.05, 0) is 51.4 Å². The van der Waals surface area contributed by atoms with E-state index in [1.54, 1.807) is 5.56 Å². The standard InChI is InChI=1S/C19H30N/c1-2-10-16-20(15-9-1,19-13-7-4-8-14-19)17-18-11-5-3-6-12-18/h3,5-6,11-12,19H,1-2,4,7-10,13-17H2/q+1. The van der Waals surface area contributed by atoms with Crippen LogP contribution in [0.15, 0.2) is 30.3 Å². The van der Waals surface area contributed by atoms with Gasteiger partial charge in [0.2, 0.25) is 0 Å². The number of likely N-dealkylation sites (tertiary alicyclic amines) is 1. The molecule has 0 spiro atoms. The second kappa shape index (κ2) is 6.76. The van der Waals surface area contributed by atoms with Crippen molar-refractivity contribution in [2.75, 3.05) is 13.1 Å². The zero-order valence-corrected chi connectivity index (χ0v) is 12.9. The maximum absolute atomic E-state index is 2.34. The van der Waals surface area contributed by atoms with Crippen molar-refractivity contribution in [3.05, 3.63) is 35.9 Å². The zero-order chi connectivity index (χ0) is 13.7. The van der Waals surface area contributed by atoms with Crippen molar-refractivity contribution in [2.24, 2.45) is 0 Å². The molecule has 1 saturated heterocycles. The Morgan fingerprint density at radius 3 is 2.00 bits per heavy atom. The summed E-state index contributed by atoms with van der Waals surface area (Å²) < 4.78 is 1.41. The molecule has 0 amide bonds. The molecule has 1 aromatic carbocycles. The Morgan fingerprint density at radius 1 is 0.750 bits per heavy atom. The molecule has 1 aliphatic heterocycles. The van der Waals surface area contributed by atoms with Crippen LogP contribution in [0.2, 0.25) is 0 Å². The van der Waals surface area contributed by atoms with E-state index in [4.69, 9.17) is 0 Å². The van der Waals surface area contributed by atoms with E-state index in [2.05, 4.69) is 30.3 Å². The molecule has 1 heterocycles. The fourth-order valence-corrected chi connectivity index (χ4v) is 4.55. The first kappa shape index (κ1) is 14.1. The Morgan fingerprint density at radius 2 is 1.35 bits per heavy atom. The SMILES string of the molecule is c1ccc(C[N+]2(C3CCCCC3)CCCCCC2)cc1. The molecule has 1 nitrogen and oxygen atoms in total. The quantitative estimate of drug-likeness (QED) is 0.686. The highest BCUT2D eigenvalue weighted by atomic mass is 15.4. The number of rotatable bonds is 3. The molecule has 0 atom stereocenters. The van der Waals surface area contributed by atoms with Gasteiger partial charge in [0.15, 0.2) is 0 Å². The fourth-order valence-electron chi connectivity index (χ4n) is 4.55.